The first-order valence-corrected chi connectivity index (χ1v) is 7.40. The van der Waals surface area contributed by atoms with Crippen molar-refractivity contribution in [2.45, 2.75) is 0 Å². The molecule has 2 rings (SSSR count). The van der Waals surface area contributed by atoms with Gasteiger partial charge in [-0.1, -0.05) is 46.4 Å². The highest BCUT2D eigenvalue weighted by Crippen LogP contribution is 2.25. The van der Waals surface area contributed by atoms with Gasteiger partial charge in [-0.3, -0.25) is 4.79 Å². The largest absolute Gasteiger partial charge is 0.376 e. The first-order valence-electron chi connectivity index (χ1n) is 5.89. The maximum absolute atomic E-state index is 11.8. The van der Waals surface area contributed by atoms with E-state index in [2.05, 4.69) is 10.6 Å². The topological polar surface area (TPSA) is 41.1 Å². The quantitative estimate of drug-likeness (QED) is 0.768. The molecule has 110 valence electrons. The van der Waals surface area contributed by atoms with Crippen molar-refractivity contribution in [3.63, 3.8) is 0 Å². The van der Waals surface area contributed by atoms with Gasteiger partial charge in [-0.25, -0.2) is 0 Å². The van der Waals surface area contributed by atoms with Crippen LogP contribution in [0, 0.1) is 0 Å². The fourth-order valence-corrected chi connectivity index (χ4v) is 2.44. The predicted molar refractivity (Wildman–Crippen MR) is 90.0 cm³/mol. The molecule has 0 saturated heterocycles. The zero-order chi connectivity index (χ0) is 15.4. The average molecular weight is 364 g/mol. The number of hydrogen-bond acceptors (Lipinski definition) is 2. The molecule has 0 heterocycles. The van der Waals surface area contributed by atoms with Crippen LogP contribution in [0.15, 0.2) is 36.4 Å². The molecule has 0 unspecified atom stereocenters. The molecule has 2 aromatic carbocycles. The van der Waals surface area contributed by atoms with Crippen molar-refractivity contribution in [1.82, 2.24) is 0 Å². The molecule has 0 fully saturated rings. The maximum atomic E-state index is 11.8. The van der Waals surface area contributed by atoms with E-state index in [1.165, 1.54) is 0 Å². The highest BCUT2D eigenvalue weighted by atomic mass is 35.5. The minimum Gasteiger partial charge on any atom is -0.376 e. The number of benzene rings is 2. The molecule has 0 aliphatic heterocycles. The van der Waals surface area contributed by atoms with Crippen LogP contribution in [0.1, 0.15) is 0 Å². The molecular weight excluding hydrogens is 354 g/mol. The highest BCUT2D eigenvalue weighted by molar-refractivity contribution is 6.42. The number of rotatable bonds is 4. The molecule has 0 saturated carbocycles. The molecule has 7 heteroatoms. The number of carbonyl (C=O) groups is 1. The molecule has 1 amide bonds. The SMILES string of the molecule is O=C(CNc1ccc(Cl)c(Cl)c1)Nc1cc(Cl)cc(Cl)c1. The van der Waals surface area contributed by atoms with E-state index in [-0.39, 0.29) is 12.5 Å². The Morgan fingerprint density at radius 1 is 0.857 bits per heavy atom. The maximum Gasteiger partial charge on any atom is 0.243 e. The van der Waals surface area contributed by atoms with E-state index in [0.29, 0.717) is 31.5 Å². The smallest absolute Gasteiger partial charge is 0.243 e. The van der Waals surface area contributed by atoms with Crippen LogP contribution in [-0.2, 0) is 4.79 Å². The lowest BCUT2D eigenvalue weighted by Crippen LogP contribution is -2.21. The molecule has 0 atom stereocenters. The molecule has 0 bridgehead atoms. The molecule has 0 aliphatic rings. The summed E-state index contributed by atoms with van der Waals surface area (Å²) in [5.74, 6) is -0.237. The monoisotopic (exact) mass is 362 g/mol. The van der Waals surface area contributed by atoms with E-state index in [1.807, 2.05) is 0 Å². The molecule has 0 aromatic heterocycles. The summed E-state index contributed by atoms with van der Waals surface area (Å²) in [4.78, 5) is 11.8. The van der Waals surface area contributed by atoms with E-state index in [4.69, 9.17) is 46.4 Å². The van der Waals surface area contributed by atoms with Crippen LogP contribution in [0.25, 0.3) is 0 Å². The van der Waals surface area contributed by atoms with Crippen molar-refractivity contribution < 1.29 is 4.79 Å². The van der Waals surface area contributed by atoms with Crippen LogP contribution in [0.3, 0.4) is 0 Å². The van der Waals surface area contributed by atoms with E-state index in [1.54, 1.807) is 36.4 Å². The number of anilines is 2. The van der Waals surface area contributed by atoms with Crippen LogP contribution in [0.5, 0.6) is 0 Å². The Morgan fingerprint density at radius 2 is 1.52 bits per heavy atom. The minimum atomic E-state index is -0.237. The molecule has 0 aliphatic carbocycles. The highest BCUT2D eigenvalue weighted by Gasteiger charge is 2.05. The second-order valence-electron chi connectivity index (χ2n) is 4.19. The summed E-state index contributed by atoms with van der Waals surface area (Å²) in [7, 11) is 0. The van der Waals surface area contributed by atoms with Crippen LogP contribution in [-0.4, -0.2) is 12.5 Å². The van der Waals surface area contributed by atoms with Crippen LogP contribution in [0.2, 0.25) is 20.1 Å². The average Bonchev–Trinajstić information content (AvgIpc) is 2.39. The number of halogens is 4. The van der Waals surface area contributed by atoms with Gasteiger partial charge in [0.15, 0.2) is 0 Å². The van der Waals surface area contributed by atoms with E-state index >= 15 is 0 Å². The molecular formula is C14H10Cl4N2O. The second-order valence-corrected chi connectivity index (χ2v) is 5.88. The first kappa shape index (κ1) is 16.2. The Morgan fingerprint density at radius 3 is 2.14 bits per heavy atom. The van der Waals surface area contributed by atoms with Crippen molar-refractivity contribution >= 4 is 63.7 Å². The van der Waals surface area contributed by atoms with Gasteiger partial charge in [-0.2, -0.15) is 0 Å². The summed E-state index contributed by atoms with van der Waals surface area (Å²) in [6.07, 6.45) is 0. The summed E-state index contributed by atoms with van der Waals surface area (Å²) in [5, 5.41) is 7.42. The Hall–Kier alpha value is -1.13. The van der Waals surface area contributed by atoms with Gasteiger partial charge in [0.1, 0.15) is 0 Å². The fraction of sp³-hybridized carbons (Fsp3) is 0.0714. The van der Waals surface area contributed by atoms with Gasteiger partial charge in [0.25, 0.3) is 0 Å². The summed E-state index contributed by atoms with van der Waals surface area (Å²) in [6, 6.07) is 9.85. The Bertz CT molecular complexity index is 656. The summed E-state index contributed by atoms with van der Waals surface area (Å²) in [6.45, 7) is 0.0715. The van der Waals surface area contributed by atoms with Gasteiger partial charge in [0.05, 0.1) is 16.6 Å². The second kappa shape index (κ2) is 7.23. The van der Waals surface area contributed by atoms with Gasteiger partial charge >= 0.3 is 0 Å². The Labute approximate surface area is 142 Å². The van der Waals surface area contributed by atoms with E-state index in [0.717, 1.165) is 0 Å². The summed E-state index contributed by atoms with van der Waals surface area (Å²) >= 11 is 23.4. The molecule has 2 N–H and O–H groups in total. The lowest BCUT2D eigenvalue weighted by atomic mass is 10.3. The summed E-state index contributed by atoms with van der Waals surface area (Å²) in [5.41, 5.74) is 1.23. The first-order chi connectivity index (χ1) is 9.94. The normalized spacial score (nSPS) is 10.3. The molecule has 2 aromatic rings. The van der Waals surface area contributed by atoms with Gasteiger partial charge in [0.2, 0.25) is 5.91 Å². The Kier molecular flexibility index (Phi) is 5.59. The van der Waals surface area contributed by atoms with Gasteiger partial charge in [-0.05, 0) is 36.4 Å². The van der Waals surface area contributed by atoms with Crippen molar-refractivity contribution in [2.24, 2.45) is 0 Å². The lowest BCUT2D eigenvalue weighted by molar-refractivity contribution is -0.114. The summed E-state index contributed by atoms with van der Waals surface area (Å²) < 4.78 is 0. The number of amides is 1. The zero-order valence-corrected chi connectivity index (χ0v) is 13.6. The van der Waals surface area contributed by atoms with Crippen molar-refractivity contribution in [1.29, 1.82) is 0 Å². The minimum absolute atomic E-state index is 0.0715. The van der Waals surface area contributed by atoms with Gasteiger partial charge in [0, 0.05) is 21.4 Å². The van der Waals surface area contributed by atoms with Crippen LogP contribution < -0.4 is 10.6 Å². The number of hydrogen-bond donors (Lipinski definition) is 2. The third-order valence-electron chi connectivity index (χ3n) is 2.52. The van der Waals surface area contributed by atoms with E-state index < -0.39 is 0 Å². The zero-order valence-electron chi connectivity index (χ0n) is 10.6. The lowest BCUT2D eigenvalue weighted by Gasteiger charge is -2.09. The molecule has 0 radical (unpaired) electrons. The molecule has 21 heavy (non-hydrogen) atoms. The van der Waals surface area contributed by atoms with Crippen molar-refractivity contribution in [2.75, 3.05) is 17.2 Å². The van der Waals surface area contributed by atoms with Crippen LogP contribution in [0.4, 0.5) is 11.4 Å². The van der Waals surface area contributed by atoms with Gasteiger partial charge < -0.3 is 10.6 Å². The predicted octanol–water partition coefficient (Wildman–Crippen LogP) is 5.35. The number of carbonyl (C=O) groups excluding carboxylic acids is 1. The third kappa shape index (κ3) is 4.97. The Balaban J connectivity index is 1.94. The van der Waals surface area contributed by atoms with Crippen LogP contribution >= 0.6 is 46.4 Å². The third-order valence-corrected chi connectivity index (χ3v) is 3.69. The fourth-order valence-electron chi connectivity index (χ4n) is 1.62. The van der Waals surface area contributed by atoms with Crippen molar-refractivity contribution in [3.05, 3.63) is 56.5 Å². The van der Waals surface area contributed by atoms with Crippen molar-refractivity contribution in [3.8, 4) is 0 Å². The van der Waals surface area contributed by atoms with Gasteiger partial charge in [-0.15, -0.1) is 0 Å². The van der Waals surface area contributed by atoms with E-state index in [9.17, 15) is 4.79 Å². The number of nitrogens with one attached hydrogen (secondary N) is 2. The molecule has 0 spiro atoms. The molecule has 3 nitrogen and oxygen atoms in total. The standard InChI is InChI=1S/C14H10Cl4N2O/c15-8-3-9(16)5-11(4-8)20-14(21)7-19-10-1-2-12(17)13(18)6-10/h1-6,19H,7H2,(H,20,21).